The van der Waals surface area contributed by atoms with Crippen molar-refractivity contribution >= 4 is 42.3 Å². The van der Waals surface area contributed by atoms with Crippen LogP contribution in [-0.2, 0) is 14.3 Å². The number of rotatable bonds is 5. The summed E-state index contributed by atoms with van der Waals surface area (Å²) in [6.45, 7) is 10.3. The standard InChI is InChI=1S/C19H22ClFN2O3S.C2H6.CH5P/c1-14(26-27(2,24)25)16-5-3-4-6-18(16)22-9-11-23(12-10-22)19-8-7-15(20)13-17(19)21;2*1-2/h3-8,13-14H,9-12H2,1-2H3;1-2H3;2H2,1H3. The average molecular weight is 491 g/mol. The normalized spacial score (nSPS) is 14.7. The molecule has 2 aromatic rings. The molecular formula is C22H33ClFN2O3PS. The van der Waals surface area contributed by atoms with Gasteiger partial charge >= 0.3 is 0 Å². The van der Waals surface area contributed by atoms with Crippen LogP contribution in [0.4, 0.5) is 15.8 Å². The largest absolute Gasteiger partial charge is 0.368 e. The van der Waals surface area contributed by atoms with Gasteiger partial charge in [-0.15, -0.1) is 9.24 Å². The minimum Gasteiger partial charge on any atom is -0.368 e. The van der Waals surface area contributed by atoms with Crippen LogP contribution in [0.15, 0.2) is 42.5 Å². The molecule has 2 aromatic carbocycles. The molecule has 9 heteroatoms. The molecule has 0 aliphatic carbocycles. The summed E-state index contributed by atoms with van der Waals surface area (Å²) < 4.78 is 42.3. The number of nitrogens with zero attached hydrogens (tertiary/aromatic N) is 2. The van der Waals surface area contributed by atoms with E-state index >= 15 is 0 Å². The maximum absolute atomic E-state index is 14.2. The summed E-state index contributed by atoms with van der Waals surface area (Å²) in [6, 6.07) is 12.3. The summed E-state index contributed by atoms with van der Waals surface area (Å²) in [4.78, 5) is 4.16. The molecule has 3 rings (SSSR count). The molecule has 0 saturated carbocycles. The summed E-state index contributed by atoms with van der Waals surface area (Å²) in [5.41, 5.74) is 2.29. The Bertz CT molecular complexity index is 923. The molecular weight excluding hydrogens is 458 g/mol. The first-order valence-corrected chi connectivity index (χ1v) is 13.6. The highest BCUT2D eigenvalue weighted by Crippen LogP contribution is 2.31. The van der Waals surface area contributed by atoms with Crippen molar-refractivity contribution in [2.75, 3.05) is 48.9 Å². The smallest absolute Gasteiger partial charge is 0.264 e. The van der Waals surface area contributed by atoms with Gasteiger partial charge in [0.05, 0.1) is 11.9 Å². The Kier molecular flexibility index (Phi) is 11.8. The van der Waals surface area contributed by atoms with E-state index in [2.05, 4.69) is 14.1 Å². The molecule has 0 aromatic heterocycles. The quantitative estimate of drug-likeness (QED) is 0.417. The first-order valence-electron chi connectivity index (χ1n) is 10.2. The summed E-state index contributed by atoms with van der Waals surface area (Å²) >= 11 is 5.83. The Morgan fingerprint density at radius 2 is 1.52 bits per heavy atom. The van der Waals surface area contributed by atoms with Crippen LogP contribution in [0, 0.1) is 5.82 Å². The molecule has 1 heterocycles. The highest BCUT2D eigenvalue weighted by Gasteiger charge is 2.24. The predicted molar refractivity (Wildman–Crippen MR) is 134 cm³/mol. The lowest BCUT2D eigenvalue weighted by Crippen LogP contribution is -2.47. The minimum absolute atomic E-state index is 0.327. The van der Waals surface area contributed by atoms with E-state index in [1.807, 2.05) is 49.7 Å². The van der Waals surface area contributed by atoms with Gasteiger partial charge < -0.3 is 9.80 Å². The van der Waals surface area contributed by atoms with Gasteiger partial charge in [0.15, 0.2) is 0 Å². The van der Waals surface area contributed by atoms with Crippen LogP contribution in [-0.4, -0.2) is 47.5 Å². The fourth-order valence-corrected chi connectivity index (χ4v) is 4.15. The Balaban J connectivity index is 0.00000113. The van der Waals surface area contributed by atoms with E-state index in [0.717, 1.165) is 17.5 Å². The topological polar surface area (TPSA) is 49.9 Å². The van der Waals surface area contributed by atoms with Gasteiger partial charge in [0, 0.05) is 42.5 Å². The number of hydrogen-bond donors (Lipinski definition) is 0. The van der Waals surface area contributed by atoms with Crippen molar-refractivity contribution in [1.29, 1.82) is 0 Å². The predicted octanol–water partition coefficient (Wildman–Crippen LogP) is 5.36. The molecule has 0 bridgehead atoms. The molecule has 0 radical (unpaired) electrons. The van der Waals surface area contributed by atoms with E-state index in [1.54, 1.807) is 19.1 Å². The van der Waals surface area contributed by atoms with Gasteiger partial charge in [-0.05, 0) is 31.2 Å². The van der Waals surface area contributed by atoms with Crippen LogP contribution < -0.4 is 9.80 Å². The van der Waals surface area contributed by atoms with Crippen LogP contribution in [0.3, 0.4) is 0 Å². The lowest BCUT2D eigenvalue weighted by atomic mass is 10.1. The molecule has 1 fully saturated rings. The number of para-hydroxylation sites is 1. The van der Waals surface area contributed by atoms with Crippen molar-refractivity contribution in [1.82, 2.24) is 0 Å². The first kappa shape index (κ1) is 27.6. The molecule has 1 aliphatic heterocycles. The Morgan fingerprint density at radius 3 is 2.03 bits per heavy atom. The molecule has 0 amide bonds. The Hall–Kier alpha value is -1.40. The van der Waals surface area contributed by atoms with Gasteiger partial charge in [0.2, 0.25) is 0 Å². The van der Waals surface area contributed by atoms with Gasteiger partial charge in [0.25, 0.3) is 10.1 Å². The molecule has 5 nitrogen and oxygen atoms in total. The van der Waals surface area contributed by atoms with Crippen molar-refractivity contribution in [2.24, 2.45) is 0 Å². The maximum Gasteiger partial charge on any atom is 0.264 e. The van der Waals surface area contributed by atoms with Crippen LogP contribution in [0.25, 0.3) is 0 Å². The lowest BCUT2D eigenvalue weighted by Gasteiger charge is -2.38. The minimum atomic E-state index is -3.55. The third-order valence-electron chi connectivity index (χ3n) is 4.56. The van der Waals surface area contributed by atoms with Crippen LogP contribution >= 0.6 is 20.8 Å². The highest BCUT2D eigenvalue weighted by atomic mass is 35.5. The number of benzene rings is 2. The summed E-state index contributed by atoms with van der Waals surface area (Å²) in [5, 5.41) is 0.378. The van der Waals surface area contributed by atoms with E-state index < -0.39 is 16.2 Å². The number of halogens is 2. The fraction of sp³-hybridized carbons (Fsp3) is 0.455. The third-order valence-corrected chi connectivity index (χ3v) is 5.44. The zero-order chi connectivity index (χ0) is 23.6. The maximum atomic E-state index is 14.2. The lowest BCUT2D eigenvalue weighted by molar-refractivity contribution is 0.237. The van der Waals surface area contributed by atoms with Crippen molar-refractivity contribution in [2.45, 2.75) is 26.9 Å². The molecule has 2 unspecified atom stereocenters. The van der Waals surface area contributed by atoms with Gasteiger partial charge in [-0.3, -0.25) is 4.18 Å². The Labute approximate surface area is 193 Å². The molecule has 0 spiro atoms. The van der Waals surface area contributed by atoms with Crippen molar-refractivity contribution in [3.05, 3.63) is 58.9 Å². The molecule has 1 saturated heterocycles. The zero-order valence-corrected chi connectivity index (χ0v) is 21.5. The fourth-order valence-electron chi connectivity index (χ4n) is 3.36. The molecule has 0 N–H and O–H groups in total. The van der Waals surface area contributed by atoms with Crippen LogP contribution in [0.1, 0.15) is 32.4 Å². The number of hydrogen-bond acceptors (Lipinski definition) is 5. The monoisotopic (exact) mass is 490 g/mol. The second-order valence-corrected chi connectivity index (χ2v) is 8.61. The van der Waals surface area contributed by atoms with Gasteiger partial charge in [-0.2, -0.15) is 8.42 Å². The van der Waals surface area contributed by atoms with E-state index in [-0.39, 0.29) is 5.82 Å². The molecule has 2 atom stereocenters. The Morgan fingerprint density at radius 1 is 1.00 bits per heavy atom. The zero-order valence-electron chi connectivity index (χ0n) is 18.8. The van der Waals surface area contributed by atoms with Gasteiger partial charge in [0.1, 0.15) is 11.9 Å². The second kappa shape index (κ2) is 13.2. The van der Waals surface area contributed by atoms with Crippen LogP contribution in [0.2, 0.25) is 5.02 Å². The van der Waals surface area contributed by atoms with E-state index in [1.165, 1.54) is 6.07 Å². The third kappa shape index (κ3) is 8.23. The van der Waals surface area contributed by atoms with Gasteiger partial charge in [-0.1, -0.05) is 50.3 Å². The summed E-state index contributed by atoms with van der Waals surface area (Å²) in [6.07, 6.45) is 0.467. The van der Waals surface area contributed by atoms with Crippen LogP contribution in [0.5, 0.6) is 0 Å². The number of anilines is 2. The molecule has 1 aliphatic rings. The van der Waals surface area contributed by atoms with Gasteiger partial charge in [-0.25, -0.2) is 4.39 Å². The number of piperazine rings is 1. The van der Waals surface area contributed by atoms with Crippen molar-refractivity contribution in [3.8, 4) is 0 Å². The SMILES string of the molecule is CC.CC(OS(C)(=O)=O)c1ccccc1N1CCN(c2ccc(Cl)cc2F)CC1.CP. The second-order valence-electron chi connectivity index (χ2n) is 6.57. The first-order chi connectivity index (χ1) is 14.7. The van der Waals surface area contributed by atoms with E-state index in [9.17, 15) is 12.8 Å². The van der Waals surface area contributed by atoms with Crippen molar-refractivity contribution < 1.29 is 17.0 Å². The van der Waals surface area contributed by atoms with E-state index in [4.69, 9.17) is 15.8 Å². The highest BCUT2D eigenvalue weighted by molar-refractivity contribution is 7.86. The molecule has 174 valence electrons. The van der Waals surface area contributed by atoms with E-state index in [0.29, 0.717) is 36.9 Å². The summed E-state index contributed by atoms with van der Waals surface area (Å²) in [7, 11) is -1.13. The molecule has 31 heavy (non-hydrogen) atoms. The van der Waals surface area contributed by atoms with Crippen molar-refractivity contribution in [3.63, 3.8) is 0 Å². The average Bonchev–Trinajstić information content (AvgIpc) is 2.76. The summed E-state index contributed by atoms with van der Waals surface area (Å²) in [5.74, 6) is -0.327.